The summed E-state index contributed by atoms with van der Waals surface area (Å²) in [5, 5.41) is 3.15. The molecule has 1 aromatic carbocycles. The van der Waals surface area contributed by atoms with Gasteiger partial charge >= 0.3 is 12.2 Å². The van der Waals surface area contributed by atoms with Gasteiger partial charge in [-0.2, -0.15) is 13.2 Å². The van der Waals surface area contributed by atoms with Crippen molar-refractivity contribution in [2.75, 3.05) is 32.1 Å². The summed E-state index contributed by atoms with van der Waals surface area (Å²) in [6.07, 6.45) is -1.24. The first kappa shape index (κ1) is 23.4. The summed E-state index contributed by atoms with van der Waals surface area (Å²) in [5.74, 6) is 1.01. The first-order chi connectivity index (χ1) is 15.2. The van der Waals surface area contributed by atoms with Crippen molar-refractivity contribution in [2.24, 2.45) is 0 Å². The van der Waals surface area contributed by atoms with Crippen LogP contribution in [0.5, 0.6) is 5.75 Å². The van der Waals surface area contributed by atoms with Crippen molar-refractivity contribution in [3.63, 3.8) is 0 Å². The molecule has 3 aromatic rings. The maximum absolute atomic E-state index is 13.1. The van der Waals surface area contributed by atoms with Crippen LogP contribution in [0.4, 0.5) is 23.8 Å². The van der Waals surface area contributed by atoms with Crippen molar-refractivity contribution in [3.8, 4) is 5.75 Å². The van der Waals surface area contributed by atoms with Gasteiger partial charge in [0.2, 0.25) is 0 Å². The Morgan fingerprint density at radius 2 is 1.97 bits per heavy atom. The molecule has 0 aliphatic rings. The van der Waals surface area contributed by atoms with Crippen LogP contribution in [0.15, 0.2) is 41.1 Å². The number of hydrogen-bond donors (Lipinski definition) is 0. The van der Waals surface area contributed by atoms with Crippen LogP contribution in [0.3, 0.4) is 0 Å². The third kappa shape index (κ3) is 5.12. The fourth-order valence-electron chi connectivity index (χ4n) is 3.35. The smallest absolute Gasteiger partial charge is 0.437 e. The van der Waals surface area contributed by atoms with E-state index in [9.17, 15) is 18.0 Å². The number of carbonyl (C=O) groups excluding carboxylic acids is 1. The SMILES string of the molecule is CCCc1c(OCCCN(C)C(=O)N(C)c2ccccn2)ccc2c(C(F)(F)F)noc12. The molecule has 2 amide bonds. The minimum atomic E-state index is -4.59. The maximum atomic E-state index is 13.1. The molecular weight excluding hydrogens is 425 g/mol. The third-order valence-corrected chi connectivity index (χ3v) is 4.97. The average Bonchev–Trinajstić information content (AvgIpc) is 3.22. The molecule has 3 rings (SSSR count). The van der Waals surface area contributed by atoms with Crippen LogP contribution in [-0.4, -0.2) is 48.3 Å². The van der Waals surface area contributed by atoms with Gasteiger partial charge in [0.05, 0.1) is 12.0 Å². The normalized spacial score (nSPS) is 11.6. The van der Waals surface area contributed by atoms with Crippen LogP contribution in [0.2, 0.25) is 0 Å². The number of halogens is 3. The van der Waals surface area contributed by atoms with Gasteiger partial charge in [0.1, 0.15) is 11.6 Å². The van der Waals surface area contributed by atoms with E-state index < -0.39 is 11.9 Å². The highest BCUT2D eigenvalue weighted by atomic mass is 19.4. The van der Waals surface area contributed by atoms with Crippen molar-refractivity contribution < 1.29 is 27.2 Å². The third-order valence-electron chi connectivity index (χ3n) is 4.97. The number of aryl methyl sites for hydroxylation is 1. The van der Waals surface area contributed by atoms with Crippen molar-refractivity contribution in [3.05, 3.63) is 47.8 Å². The van der Waals surface area contributed by atoms with E-state index in [4.69, 9.17) is 9.26 Å². The second-order valence-electron chi connectivity index (χ2n) is 7.35. The van der Waals surface area contributed by atoms with E-state index in [0.29, 0.717) is 42.9 Å². The zero-order chi connectivity index (χ0) is 23.3. The van der Waals surface area contributed by atoms with Crippen LogP contribution in [0, 0.1) is 0 Å². The number of hydrogen-bond acceptors (Lipinski definition) is 5. The summed E-state index contributed by atoms with van der Waals surface area (Å²) < 4.78 is 50.3. The van der Waals surface area contributed by atoms with E-state index >= 15 is 0 Å². The number of rotatable bonds is 8. The predicted octanol–water partition coefficient (Wildman–Crippen LogP) is 5.15. The number of alkyl halides is 3. The number of urea groups is 1. The molecule has 0 atom stereocenters. The Morgan fingerprint density at radius 1 is 1.19 bits per heavy atom. The number of benzene rings is 1. The Bertz CT molecular complexity index is 1050. The molecule has 0 aliphatic carbocycles. The van der Waals surface area contributed by atoms with Gasteiger partial charge in [-0.3, -0.25) is 4.90 Å². The highest BCUT2D eigenvalue weighted by Gasteiger charge is 2.37. The molecule has 10 heteroatoms. The zero-order valence-corrected chi connectivity index (χ0v) is 18.1. The Balaban J connectivity index is 1.62. The lowest BCUT2D eigenvalue weighted by Gasteiger charge is -2.24. The molecule has 0 aliphatic heterocycles. The molecule has 172 valence electrons. The lowest BCUT2D eigenvalue weighted by Crippen LogP contribution is -2.40. The summed E-state index contributed by atoms with van der Waals surface area (Å²) in [7, 11) is 3.33. The van der Waals surface area contributed by atoms with Gasteiger partial charge in [0.25, 0.3) is 0 Å². The number of amides is 2. The van der Waals surface area contributed by atoms with Gasteiger partial charge in [0, 0.05) is 32.4 Å². The quantitative estimate of drug-likeness (QED) is 0.444. The van der Waals surface area contributed by atoms with Crippen LogP contribution < -0.4 is 9.64 Å². The minimum Gasteiger partial charge on any atom is -0.493 e. The molecule has 2 heterocycles. The van der Waals surface area contributed by atoms with E-state index in [1.54, 1.807) is 43.4 Å². The number of carbonyl (C=O) groups is 1. The van der Waals surface area contributed by atoms with Crippen molar-refractivity contribution in [1.82, 2.24) is 15.0 Å². The van der Waals surface area contributed by atoms with Gasteiger partial charge in [-0.05, 0) is 37.1 Å². The monoisotopic (exact) mass is 450 g/mol. The molecule has 0 fully saturated rings. The molecule has 32 heavy (non-hydrogen) atoms. The molecule has 0 saturated carbocycles. The number of anilines is 1. The van der Waals surface area contributed by atoms with Crippen molar-refractivity contribution >= 4 is 22.8 Å². The zero-order valence-electron chi connectivity index (χ0n) is 18.1. The largest absolute Gasteiger partial charge is 0.493 e. The summed E-state index contributed by atoms with van der Waals surface area (Å²) in [4.78, 5) is 19.7. The summed E-state index contributed by atoms with van der Waals surface area (Å²) in [5.41, 5.74) is -0.373. The van der Waals surface area contributed by atoms with E-state index in [2.05, 4.69) is 10.1 Å². The molecular formula is C22H25F3N4O3. The first-order valence-electron chi connectivity index (χ1n) is 10.2. The second kappa shape index (κ2) is 9.88. The van der Waals surface area contributed by atoms with Crippen LogP contribution >= 0.6 is 0 Å². The molecule has 7 nitrogen and oxygen atoms in total. The fraction of sp³-hybridized carbons (Fsp3) is 0.409. The first-order valence-corrected chi connectivity index (χ1v) is 10.2. The van der Waals surface area contributed by atoms with Gasteiger partial charge in [-0.25, -0.2) is 9.78 Å². The summed E-state index contributed by atoms with van der Waals surface area (Å²) in [6, 6.07) is 7.95. The Labute approximate surface area is 183 Å². The van der Waals surface area contributed by atoms with E-state index in [1.165, 1.54) is 17.0 Å². The minimum absolute atomic E-state index is 0.0730. The lowest BCUT2D eigenvalue weighted by molar-refractivity contribution is -0.141. The number of nitrogens with zero attached hydrogens (tertiary/aromatic N) is 4. The molecule has 0 N–H and O–H groups in total. The second-order valence-corrected chi connectivity index (χ2v) is 7.35. The molecule has 0 unspecified atom stereocenters. The van der Waals surface area contributed by atoms with E-state index in [1.807, 2.05) is 6.92 Å². The number of pyridine rings is 1. The fourth-order valence-corrected chi connectivity index (χ4v) is 3.35. The lowest BCUT2D eigenvalue weighted by atomic mass is 10.0. The molecule has 0 bridgehead atoms. The Kier molecular flexibility index (Phi) is 7.22. The van der Waals surface area contributed by atoms with Crippen LogP contribution in [0.1, 0.15) is 31.0 Å². The highest BCUT2D eigenvalue weighted by Crippen LogP contribution is 2.38. The Hall–Kier alpha value is -3.30. The van der Waals surface area contributed by atoms with Crippen LogP contribution in [0.25, 0.3) is 11.0 Å². The van der Waals surface area contributed by atoms with Gasteiger partial charge < -0.3 is 14.2 Å². The van der Waals surface area contributed by atoms with E-state index in [0.717, 1.165) is 0 Å². The average molecular weight is 450 g/mol. The molecule has 0 saturated heterocycles. The Morgan fingerprint density at radius 3 is 2.62 bits per heavy atom. The topological polar surface area (TPSA) is 71.7 Å². The predicted molar refractivity (Wildman–Crippen MR) is 114 cm³/mol. The maximum Gasteiger partial charge on any atom is 0.437 e. The molecule has 2 aromatic heterocycles. The number of ether oxygens (including phenoxy) is 1. The number of aromatic nitrogens is 2. The van der Waals surface area contributed by atoms with Crippen LogP contribution in [-0.2, 0) is 12.6 Å². The standard InChI is InChI=1S/C22H25F3N4O3/c1-4-8-15-17(11-10-16-19(15)32-27-20(16)22(23,24)25)31-14-7-13-28(2)21(30)29(3)18-9-5-6-12-26-18/h5-6,9-12H,4,7-8,13-14H2,1-3H3. The van der Waals surface area contributed by atoms with Gasteiger partial charge in [-0.15, -0.1) is 0 Å². The summed E-state index contributed by atoms with van der Waals surface area (Å²) >= 11 is 0. The van der Waals surface area contributed by atoms with E-state index in [-0.39, 0.29) is 23.6 Å². The highest BCUT2D eigenvalue weighted by molar-refractivity contribution is 5.90. The van der Waals surface area contributed by atoms with Crippen molar-refractivity contribution in [1.29, 1.82) is 0 Å². The summed E-state index contributed by atoms with van der Waals surface area (Å²) in [6.45, 7) is 2.64. The van der Waals surface area contributed by atoms with Gasteiger partial charge in [-0.1, -0.05) is 24.6 Å². The number of fused-ring (bicyclic) bond motifs is 1. The molecule has 0 spiro atoms. The van der Waals surface area contributed by atoms with Crippen molar-refractivity contribution in [2.45, 2.75) is 32.4 Å². The van der Waals surface area contributed by atoms with Gasteiger partial charge in [0.15, 0.2) is 11.3 Å². The molecule has 0 radical (unpaired) electrons.